The van der Waals surface area contributed by atoms with Crippen molar-refractivity contribution in [1.29, 1.82) is 5.26 Å². The molecule has 2 heterocycles. The van der Waals surface area contributed by atoms with Gasteiger partial charge in [0.2, 0.25) is 5.91 Å². The van der Waals surface area contributed by atoms with Gasteiger partial charge in [0.25, 0.3) is 5.91 Å². The number of rotatable bonds is 10. The van der Waals surface area contributed by atoms with Crippen LogP contribution in [-0.2, 0) is 32.0 Å². The Balaban J connectivity index is 1.42. The molecule has 3 aromatic rings. The molecule has 1 aromatic heterocycles. The summed E-state index contributed by atoms with van der Waals surface area (Å²) in [6.45, 7) is 1.86. The number of carbonyl (C=O) groups is 2. The van der Waals surface area contributed by atoms with Crippen molar-refractivity contribution in [3.63, 3.8) is 0 Å². The molecule has 1 aliphatic heterocycles. The lowest BCUT2D eigenvalue weighted by molar-refractivity contribution is -0.132. The Morgan fingerprint density at radius 2 is 2.03 bits per heavy atom. The van der Waals surface area contributed by atoms with Gasteiger partial charge in [0.1, 0.15) is 18.8 Å². The number of fused-ring (bicyclic) bond motifs is 1. The minimum atomic E-state index is -0.682. The minimum Gasteiger partial charge on any atom is -0.408 e. The number of oxazole rings is 1. The summed E-state index contributed by atoms with van der Waals surface area (Å²) in [7, 11) is 0. The lowest BCUT2D eigenvalue weighted by Crippen LogP contribution is -2.46. The van der Waals surface area contributed by atoms with Gasteiger partial charge in [-0.3, -0.25) is 14.2 Å². The van der Waals surface area contributed by atoms with Crippen LogP contribution in [0.1, 0.15) is 12.0 Å². The molecule has 0 spiro atoms. The average molecular weight is 508 g/mol. The highest BCUT2D eigenvalue weighted by Gasteiger charge is 2.23. The molecule has 4 N–H and O–H groups in total. The van der Waals surface area contributed by atoms with E-state index in [4.69, 9.17) is 19.6 Å². The lowest BCUT2D eigenvalue weighted by atomic mass is 10.0. The van der Waals surface area contributed by atoms with E-state index in [0.29, 0.717) is 30.7 Å². The van der Waals surface area contributed by atoms with E-state index >= 15 is 0 Å². The maximum Gasteiger partial charge on any atom is 0.420 e. The van der Waals surface area contributed by atoms with Crippen LogP contribution in [0, 0.1) is 11.3 Å². The van der Waals surface area contributed by atoms with Crippen LogP contribution in [0.15, 0.2) is 51.7 Å². The summed E-state index contributed by atoms with van der Waals surface area (Å²) in [5.74, 6) is -1.39. The fourth-order valence-corrected chi connectivity index (χ4v) is 4.13. The van der Waals surface area contributed by atoms with E-state index in [1.54, 1.807) is 6.07 Å². The third-order valence-electron chi connectivity index (χ3n) is 6.01. The molecule has 1 fully saturated rings. The first-order chi connectivity index (χ1) is 17.9. The first-order valence-electron chi connectivity index (χ1n) is 12.1. The third kappa shape index (κ3) is 6.83. The molecule has 194 valence electrons. The van der Waals surface area contributed by atoms with Gasteiger partial charge in [-0.25, -0.2) is 4.79 Å². The Morgan fingerprint density at radius 1 is 1.24 bits per heavy atom. The maximum absolute atomic E-state index is 12.5. The Hall–Kier alpha value is -3.98. The molecule has 2 amide bonds. The zero-order valence-corrected chi connectivity index (χ0v) is 20.3. The highest BCUT2D eigenvalue weighted by Crippen LogP contribution is 2.25. The van der Waals surface area contributed by atoms with E-state index in [2.05, 4.69) is 16.7 Å². The van der Waals surface area contributed by atoms with Crippen molar-refractivity contribution in [3.05, 3.63) is 58.6 Å². The summed E-state index contributed by atoms with van der Waals surface area (Å²) < 4.78 is 17.5. The second-order valence-electron chi connectivity index (χ2n) is 8.73. The van der Waals surface area contributed by atoms with Crippen LogP contribution < -0.4 is 22.1 Å². The van der Waals surface area contributed by atoms with Crippen molar-refractivity contribution in [3.8, 4) is 17.2 Å². The molecule has 11 heteroatoms. The third-order valence-corrected chi connectivity index (χ3v) is 6.01. The van der Waals surface area contributed by atoms with Gasteiger partial charge >= 0.3 is 5.76 Å². The molecular formula is C26H29N5O6. The van der Waals surface area contributed by atoms with Crippen molar-refractivity contribution in [2.24, 2.45) is 5.73 Å². The van der Waals surface area contributed by atoms with E-state index < -0.39 is 23.8 Å². The Morgan fingerprint density at radius 3 is 2.78 bits per heavy atom. The predicted octanol–water partition coefficient (Wildman–Crippen LogP) is 0.693. The van der Waals surface area contributed by atoms with Gasteiger partial charge < -0.3 is 30.3 Å². The molecule has 2 unspecified atom stereocenters. The number of nitriles is 1. The molecule has 1 saturated heterocycles. The number of hydrogen-bond acceptors (Lipinski definition) is 8. The second kappa shape index (κ2) is 12.3. The van der Waals surface area contributed by atoms with E-state index in [0.717, 1.165) is 29.7 Å². The average Bonchev–Trinajstić information content (AvgIpc) is 3.04. The van der Waals surface area contributed by atoms with Crippen molar-refractivity contribution >= 4 is 22.9 Å². The SMILES string of the molecule is N#CC(Cc1ccc(-c2ccc3oc(=O)n(CCOCC(N)=O)c3c2)cc1)NC(=O)C1CNCCCO1. The molecule has 37 heavy (non-hydrogen) atoms. The number of ether oxygens (including phenoxy) is 2. The molecular weight excluding hydrogens is 478 g/mol. The van der Waals surface area contributed by atoms with E-state index in [-0.39, 0.29) is 25.7 Å². The molecule has 4 rings (SSSR count). The Labute approximate surface area is 213 Å². The smallest absolute Gasteiger partial charge is 0.408 e. The zero-order chi connectivity index (χ0) is 26.2. The van der Waals surface area contributed by atoms with E-state index in [9.17, 15) is 19.6 Å². The normalized spacial score (nSPS) is 16.6. The van der Waals surface area contributed by atoms with Crippen LogP contribution in [-0.4, -0.2) is 61.4 Å². The molecule has 0 bridgehead atoms. The number of carbonyl (C=O) groups excluding carboxylic acids is 2. The van der Waals surface area contributed by atoms with Crippen LogP contribution in [0.5, 0.6) is 0 Å². The summed E-state index contributed by atoms with van der Waals surface area (Å²) in [6, 6.07) is 14.5. The summed E-state index contributed by atoms with van der Waals surface area (Å²) >= 11 is 0. The van der Waals surface area contributed by atoms with Gasteiger partial charge in [0.05, 0.1) is 24.7 Å². The van der Waals surface area contributed by atoms with Gasteiger partial charge in [-0.15, -0.1) is 0 Å². The van der Waals surface area contributed by atoms with Crippen LogP contribution in [0.3, 0.4) is 0 Å². The molecule has 11 nitrogen and oxygen atoms in total. The number of aromatic nitrogens is 1. The quantitative estimate of drug-likeness (QED) is 0.338. The molecule has 0 radical (unpaired) electrons. The van der Waals surface area contributed by atoms with Gasteiger partial charge in [0.15, 0.2) is 5.58 Å². The van der Waals surface area contributed by atoms with Crippen LogP contribution >= 0.6 is 0 Å². The summed E-state index contributed by atoms with van der Waals surface area (Å²) in [5, 5.41) is 15.5. The highest BCUT2D eigenvalue weighted by atomic mass is 16.5. The number of amides is 2. The highest BCUT2D eigenvalue weighted by molar-refractivity contribution is 5.82. The minimum absolute atomic E-state index is 0.135. The first-order valence-corrected chi connectivity index (χ1v) is 12.1. The first kappa shape index (κ1) is 26.1. The number of nitrogens with one attached hydrogen (secondary N) is 2. The second-order valence-corrected chi connectivity index (χ2v) is 8.73. The molecule has 2 aromatic carbocycles. The van der Waals surface area contributed by atoms with Crippen molar-refractivity contribution in [2.45, 2.75) is 31.5 Å². The molecule has 0 saturated carbocycles. The fraction of sp³-hybridized carbons (Fsp3) is 0.385. The van der Waals surface area contributed by atoms with Gasteiger partial charge in [-0.1, -0.05) is 30.3 Å². The van der Waals surface area contributed by atoms with Crippen LogP contribution in [0.2, 0.25) is 0 Å². The summed E-state index contributed by atoms with van der Waals surface area (Å²) in [5.41, 5.74) is 8.79. The maximum atomic E-state index is 12.5. The van der Waals surface area contributed by atoms with Crippen molar-refractivity contribution in [1.82, 2.24) is 15.2 Å². The lowest BCUT2D eigenvalue weighted by Gasteiger charge is -2.18. The molecule has 1 aliphatic rings. The summed E-state index contributed by atoms with van der Waals surface area (Å²) in [6.07, 6.45) is 0.592. The number of primary amides is 1. The number of nitrogens with zero attached hydrogens (tertiary/aromatic N) is 2. The standard InChI is InChI=1S/C26H29N5O6/c27-14-20(30-25(33)23-15-29-8-1-10-36-23)12-17-2-4-18(5-3-17)19-6-7-22-21(13-19)31(26(34)37-22)9-11-35-16-24(28)32/h2-7,13,20,23,29H,1,8-12,15-16H2,(H2,28,32)(H,30,33). The predicted molar refractivity (Wildman–Crippen MR) is 134 cm³/mol. The monoisotopic (exact) mass is 507 g/mol. The topological polar surface area (TPSA) is 162 Å². The van der Waals surface area contributed by atoms with Crippen LogP contribution in [0.4, 0.5) is 0 Å². The Bertz CT molecular complexity index is 1330. The fourth-order valence-electron chi connectivity index (χ4n) is 4.13. The molecule has 2 atom stereocenters. The van der Waals surface area contributed by atoms with Crippen LogP contribution in [0.25, 0.3) is 22.2 Å². The van der Waals surface area contributed by atoms with E-state index in [1.165, 1.54) is 4.57 Å². The van der Waals surface area contributed by atoms with Crippen molar-refractivity contribution in [2.75, 3.05) is 32.9 Å². The summed E-state index contributed by atoms with van der Waals surface area (Å²) in [4.78, 5) is 35.6. The Kier molecular flexibility index (Phi) is 8.68. The van der Waals surface area contributed by atoms with E-state index in [1.807, 2.05) is 36.4 Å². The van der Waals surface area contributed by atoms with Gasteiger partial charge in [-0.05, 0) is 41.8 Å². The molecule has 0 aliphatic carbocycles. The zero-order valence-electron chi connectivity index (χ0n) is 20.3. The van der Waals surface area contributed by atoms with Gasteiger partial charge in [-0.2, -0.15) is 5.26 Å². The largest absolute Gasteiger partial charge is 0.420 e. The van der Waals surface area contributed by atoms with Gasteiger partial charge in [0, 0.05) is 19.6 Å². The number of hydrogen-bond donors (Lipinski definition) is 3. The number of benzene rings is 2. The number of nitrogens with two attached hydrogens (primary N) is 1. The van der Waals surface area contributed by atoms with Crippen molar-refractivity contribution < 1.29 is 23.5 Å².